The monoisotopic (exact) mass is 1070 g/mol. The molecule has 0 radical (unpaired) electrons. The molecule has 0 spiro atoms. The minimum atomic E-state index is -1.31. The summed E-state index contributed by atoms with van der Waals surface area (Å²) in [6.07, 6.45) is 2.04. The van der Waals surface area contributed by atoms with Crippen LogP contribution in [0.3, 0.4) is 0 Å². The Labute approximate surface area is 436 Å². The van der Waals surface area contributed by atoms with Gasteiger partial charge in [0.05, 0.1) is 19.1 Å². The summed E-state index contributed by atoms with van der Waals surface area (Å²) in [5.41, 5.74) is 49.2. The molecule has 0 aliphatic carbocycles. The standard InChI is InChI=1S/C44H83N21O10/c1-23(2)20-29(36(70)58-21-31(66)64-33(24(3)4)39(73)62-28(40(74)75)13-8-18-57-44(52)53)63-37(71)27(12-7-17-56-43(50)51)61-38(72)30-14-9-19-65(30)32(67)22-59-35(69)26(11-6-16-55-42(48)49)60-34(68)25(45)10-5-15-54-41(46)47/h23-30,33H,5-22,45H2,1-4H3,(H,58,70)(H,59,69)(H,60,68)(H,61,72)(H,62,73)(H,63,71)(H,64,66)(H,74,75)(H4,46,47,54)(H4,48,49,55)(H4,50,51,56)(H4,52,53,57)/t25-,26-,27-,28-,29-,30-,33-/m0/s1. The third-order valence-electron chi connectivity index (χ3n) is 11.3. The summed E-state index contributed by atoms with van der Waals surface area (Å²) in [7, 11) is 0. The lowest BCUT2D eigenvalue weighted by molar-refractivity contribution is -0.142. The van der Waals surface area contributed by atoms with Crippen LogP contribution in [-0.2, 0) is 43.2 Å². The maximum Gasteiger partial charge on any atom is 0.326 e. The Balaban J connectivity index is 3.15. The number of rotatable bonds is 35. The lowest BCUT2D eigenvalue weighted by atomic mass is 10.0. The topological polar surface area (TPSA) is 545 Å². The van der Waals surface area contributed by atoms with Crippen LogP contribution < -0.4 is 88.8 Å². The first-order valence-corrected chi connectivity index (χ1v) is 24.8. The molecule has 31 nitrogen and oxygen atoms in total. The van der Waals surface area contributed by atoms with Crippen LogP contribution >= 0.6 is 0 Å². The molecule has 1 aliphatic rings. The first-order valence-electron chi connectivity index (χ1n) is 24.8. The van der Waals surface area contributed by atoms with E-state index in [4.69, 9.17) is 51.6 Å². The molecular formula is C44H83N21O10. The van der Waals surface area contributed by atoms with E-state index in [2.05, 4.69) is 57.2 Å². The normalized spacial score (nSPS) is 15.3. The number of carboxylic acid groups (broad SMARTS) is 1. The highest BCUT2D eigenvalue weighted by Gasteiger charge is 2.37. The molecule has 1 saturated heterocycles. The molecule has 0 aromatic heterocycles. The van der Waals surface area contributed by atoms with Crippen molar-refractivity contribution in [3.8, 4) is 0 Å². The fourth-order valence-corrected chi connectivity index (χ4v) is 7.51. The third kappa shape index (κ3) is 27.2. The van der Waals surface area contributed by atoms with E-state index in [0.717, 1.165) is 0 Å². The molecule has 1 fully saturated rings. The molecule has 8 amide bonds. The third-order valence-corrected chi connectivity index (χ3v) is 11.3. The average molecular weight is 1070 g/mol. The predicted octanol–water partition coefficient (Wildman–Crippen LogP) is -7.04. The van der Waals surface area contributed by atoms with Crippen LogP contribution in [-0.4, -0.2) is 175 Å². The van der Waals surface area contributed by atoms with Crippen LogP contribution in [0.15, 0.2) is 20.0 Å². The zero-order chi connectivity index (χ0) is 56.8. The number of carbonyl (C=O) groups is 9. The van der Waals surface area contributed by atoms with Gasteiger partial charge in [-0.15, -0.1) is 0 Å². The van der Waals surface area contributed by atoms with Crippen LogP contribution in [0, 0.1) is 11.8 Å². The molecule has 0 aromatic carbocycles. The van der Waals surface area contributed by atoms with E-state index >= 15 is 0 Å². The number of aliphatic imine (C=N–C) groups is 4. The Morgan fingerprint density at radius 3 is 1.47 bits per heavy atom. The van der Waals surface area contributed by atoms with Crippen molar-refractivity contribution < 1.29 is 48.3 Å². The van der Waals surface area contributed by atoms with E-state index < -0.39 is 115 Å². The molecular weight excluding hydrogens is 983 g/mol. The van der Waals surface area contributed by atoms with E-state index in [1.54, 1.807) is 27.7 Å². The molecule has 26 N–H and O–H groups in total. The molecule has 0 saturated carbocycles. The van der Waals surface area contributed by atoms with Crippen molar-refractivity contribution in [3.63, 3.8) is 0 Å². The van der Waals surface area contributed by atoms with Gasteiger partial charge in [0.15, 0.2) is 23.8 Å². The number of hydrogen-bond donors (Lipinski definition) is 17. The van der Waals surface area contributed by atoms with E-state index in [-0.39, 0.29) is 120 Å². The lowest BCUT2D eigenvalue weighted by Crippen LogP contribution is -2.58. The van der Waals surface area contributed by atoms with Crippen molar-refractivity contribution in [1.29, 1.82) is 0 Å². The first-order chi connectivity index (χ1) is 35.2. The highest BCUT2D eigenvalue weighted by atomic mass is 16.4. The summed E-state index contributed by atoms with van der Waals surface area (Å²) < 4.78 is 0. The Hall–Kier alpha value is -7.73. The zero-order valence-corrected chi connectivity index (χ0v) is 43.5. The summed E-state index contributed by atoms with van der Waals surface area (Å²) >= 11 is 0. The van der Waals surface area contributed by atoms with Crippen LogP contribution in [0.2, 0.25) is 0 Å². The second kappa shape index (κ2) is 34.6. The van der Waals surface area contributed by atoms with Crippen LogP contribution in [0.4, 0.5) is 0 Å². The SMILES string of the molecule is CC(C)C[C@H](NC(=O)[C@H](CCCN=C(N)N)NC(=O)[C@@H]1CCCN1C(=O)CNC(=O)[C@H](CCCN=C(N)N)NC(=O)[C@@H](N)CCCN=C(N)N)C(=O)NCC(=O)N[C@H](C(=O)N[C@@H](CCCN=C(N)N)C(=O)O)C(C)C. The van der Waals surface area contributed by atoms with Gasteiger partial charge in [-0.25, -0.2) is 4.79 Å². The van der Waals surface area contributed by atoms with Gasteiger partial charge in [0.1, 0.15) is 36.3 Å². The van der Waals surface area contributed by atoms with Crippen molar-refractivity contribution >= 4 is 77.1 Å². The second-order valence-corrected chi connectivity index (χ2v) is 18.6. The van der Waals surface area contributed by atoms with Crippen LogP contribution in [0.5, 0.6) is 0 Å². The minimum absolute atomic E-state index is 0.00411. The average Bonchev–Trinajstić information content (AvgIpc) is 3.83. The maximum atomic E-state index is 14.0. The Morgan fingerprint density at radius 2 is 0.987 bits per heavy atom. The van der Waals surface area contributed by atoms with Gasteiger partial charge in [0, 0.05) is 32.7 Å². The number of carboxylic acids is 1. The van der Waals surface area contributed by atoms with Crippen molar-refractivity contribution in [3.05, 3.63) is 0 Å². The smallest absolute Gasteiger partial charge is 0.326 e. The van der Waals surface area contributed by atoms with Crippen LogP contribution in [0.1, 0.15) is 98.3 Å². The Kier molecular flexibility index (Phi) is 30.2. The summed E-state index contributed by atoms with van der Waals surface area (Å²) in [5, 5.41) is 27.6. The molecule has 424 valence electrons. The fraction of sp³-hybridized carbons (Fsp3) is 0.705. The quantitative estimate of drug-likeness (QED) is 0.0159. The van der Waals surface area contributed by atoms with Gasteiger partial charge in [-0.3, -0.25) is 58.3 Å². The van der Waals surface area contributed by atoms with Gasteiger partial charge in [-0.05, 0) is 82.5 Å². The predicted molar refractivity (Wildman–Crippen MR) is 280 cm³/mol. The van der Waals surface area contributed by atoms with Crippen molar-refractivity contribution in [2.45, 2.75) is 141 Å². The summed E-state index contributed by atoms with van der Waals surface area (Å²) in [6, 6.07) is -8.21. The highest BCUT2D eigenvalue weighted by Crippen LogP contribution is 2.18. The Bertz CT molecular complexity index is 2030. The number of nitrogens with two attached hydrogens (primary N) is 9. The summed E-state index contributed by atoms with van der Waals surface area (Å²) in [4.78, 5) is 137. The molecule has 0 aromatic rings. The van der Waals surface area contributed by atoms with Crippen molar-refractivity contribution in [2.24, 2.45) is 83.4 Å². The number of hydrogen-bond acceptors (Lipinski definition) is 14. The second-order valence-electron chi connectivity index (χ2n) is 18.6. The number of nitrogens with one attached hydrogen (secondary N) is 7. The number of likely N-dealkylation sites (tertiary alicyclic amines) is 1. The molecule has 7 atom stereocenters. The molecule has 1 heterocycles. The fourth-order valence-electron chi connectivity index (χ4n) is 7.51. The number of carbonyl (C=O) groups excluding carboxylic acids is 8. The molecule has 1 rings (SSSR count). The molecule has 1 aliphatic heterocycles. The van der Waals surface area contributed by atoms with E-state index in [1.807, 2.05) is 0 Å². The lowest BCUT2D eigenvalue weighted by Gasteiger charge is -2.28. The largest absolute Gasteiger partial charge is 0.480 e. The van der Waals surface area contributed by atoms with Gasteiger partial charge in [0.2, 0.25) is 47.3 Å². The molecule has 0 unspecified atom stereocenters. The van der Waals surface area contributed by atoms with E-state index in [0.29, 0.717) is 12.8 Å². The van der Waals surface area contributed by atoms with Gasteiger partial charge in [-0.1, -0.05) is 27.7 Å². The number of aliphatic carboxylic acids is 1. The number of guanidine groups is 4. The van der Waals surface area contributed by atoms with Gasteiger partial charge in [0.25, 0.3) is 0 Å². The maximum absolute atomic E-state index is 14.0. The molecule has 75 heavy (non-hydrogen) atoms. The van der Waals surface area contributed by atoms with E-state index in [9.17, 15) is 48.3 Å². The van der Waals surface area contributed by atoms with Crippen molar-refractivity contribution in [2.75, 3.05) is 45.8 Å². The Morgan fingerprint density at radius 1 is 0.547 bits per heavy atom. The van der Waals surface area contributed by atoms with Gasteiger partial charge >= 0.3 is 5.97 Å². The summed E-state index contributed by atoms with van der Waals surface area (Å²) in [6.45, 7) is 6.38. The molecule has 0 bridgehead atoms. The van der Waals surface area contributed by atoms with Crippen LogP contribution in [0.25, 0.3) is 0 Å². The van der Waals surface area contributed by atoms with E-state index in [1.165, 1.54) is 4.90 Å². The highest BCUT2D eigenvalue weighted by molar-refractivity contribution is 5.97. The minimum Gasteiger partial charge on any atom is -0.480 e. The molecule has 31 heteroatoms. The number of amides is 8. The van der Waals surface area contributed by atoms with Gasteiger partial charge in [-0.2, -0.15) is 0 Å². The summed E-state index contributed by atoms with van der Waals surface area (Å²) in [5.74, 6) is -8.40. The van der Waals surface area contributed by atoms with Gasteiger partial charge < -0.3 is 98.8 Å². The number of nitrogens with zero attached hydrogens (tertiary/aromatic N) is 5. The first kappa shape index (κ1) is 65.3. The van der Waals surface area contributed by atoms with Crippen molar-refractivity contribution in [1.82, 2.24) is 42.1 Å². The zero-order valence-electron chi connectivity index (χ0n) is 43.5.